The summed E-state index contributed by atoms with van der Waals surface area (Å²) in [4.78, 5) is 10.3. The van der Waals surface area contributed by atoms with Crippen molar-refractivity contribution in [3.63, 3.8) is 0 Å². The Bertz CT molecular complexity index is 1190. The number of sulfonamides is 1. The topological polar surface area (TPSA) is 84.4 Å². The van der Waals surface area contributed by atoms with Gasteiger partial charge in [-0.15, -0.1) is 0 Å². The maximum absolute atomic E-state index is 14.6. The van der Waals surface area contributed by atoms with E-state index in [1.807, 2.05) is 0 Å². The lowest BCUT2D eigenvalue weighted by molar-refractivity contribution is -0.00598. The van der Waals surface area contributed by atoms with E-state index >= 15 is 0 Å². The van der Waals surface area contributed by atoms with Crippen molar-refractivity contribution in [3.8, 4) is 11.3 Å². The molecule has 0 radical (unpaired) electrons. The highest BCUT2D eigenvalue weighted by Gasteiger charge is 2.45. The predicted octanol–water partition coefficient (Wildman–Crippen LogP) is 2.85. The van der Waals surface area contributed by atoms with Crippen molar-refractivity contribution < 1.29 is 26.3 Å². The number of halogens is 3. The lowest BCUT2D eigenvalue weighted by Crippen LogP contribution is -2.57. The zero-order valence-electron chi connectivity index (χ0n) is 17.6. The van der Waals surface area contributed by atoms with Crippen LogP contribution >= 0.6 is 0 Å². The number of nitrogens with zero attached hydrogens (tertiary/aromatic N) is 3. The third-order valence-corrected chi connectivity index (χ3v) is 7.08. The van der Waals surface area contributed by atoms with Gasteiger partial charge in [0, 0.05) is 17.5 Å². The van der Waals surface area contributed by atoms with E-state index in [-0.39, 0.29) is 44.2 Å². The smallest absolute Gasteiger partial charge is 0.290 e. The third-order valence-electron chi connectivity index (χ3n) is 6.36. The van der Waals surface area contributed by atoms with Crippen molar-refractivity contribution in [2.24, 2.45) is 0 Å². The third kappa shape index (κ3) is 3.65. The molecule has 0 spiro atoms. The Morgan fingerprint density at radius 1 is 1.28 bits per heavy atom. The molecule has 3 atom stereocenters. The highest BCUT2D eigenvalue weighted by molar-refractivity contribution is 7.88. The van der Waals surface area contributed by atoms with Crippen LogP contribution in [0.25, 0.3) is 11.3 Å². The van der Waals surface area contributed by atoms with Crippen LogP contribution in [-0.2, 0) is 33.7 Å². The molecule has 32 heavy (non-hydrogen) atoms. The minimum absolute atomic E-state index is 0.0713. The minimum atomic E-state index is -3.44. The maximum Gasteiger partial charge on any atom is 0.290 e. The van der Waals surface area contributed by atoms with Crippen LogP contribution in [0.3, 0.4) is 0 Å². The largest absolute Gasteiger partial charge is 0.375 e. The molecule has 7 nitrogen and oxygen atoms in total. The van der Waals surface area contributed by atoms with Crippen LogP contribution in [0.4, 0.5) is 19.1 Å². The first-order chi connectivity index (χ1) is 15.0. The molecule has 11 heteroatoms. The Hall–Kier alpha value is -2.24. The first-order valence-electron chi connectivity index (χ1n) is 10.4. The molecule has 0 unspecified atom stereocenters. The number of hydrogen-bond donors (Lipinski definition) is 1. The average Bonchev–Trinajstić information content (AvgIpc) is 3.04. The minimum Gasteiger partial charge on any atom is -0.375 e. The SMILES string of the molecule is C[C@H]1[C@@H](F)CN1c1nc(-c2ccc3c(c2)COC[C@@H]3NS(C)(=O)=O)c2c(n1)C(F)(F)CC2. The zero-order chi connectivity index (χ0) is 22.8. The molecule has 1 N–H and O–H groups in total. The molecule has 0 bridgehead atoms. The molecule has 1 saturated heterocycles. The average molecular weight is 469 g/mol. The van der Waals surface area contributed by atoms with Crippen molar-refractivity contribution in [3.05, 3.63) is 40.6 Å². The van der Waals surface area contributed by atoms with Crippen LogP contribution in [0.5, 0.6) is 0 Å². The van der Waals surface area contributed by atoms with Crippen molar-refractivity contribution in [2.45, 2.75) is 50.6 Å². The molecular weight excluding hydrogens is 445 g/mol. The number of alkyl halides is 3. The van der Waals surface area contributed by atoms with Crippen LogP contribution in [0.15, 0.2) is 18.2 Å². The van der Waals surface area contributed by atoms with Crippen molar-refractivity contribution in [1.82, 2.24) is 14.7 Å². The van der Waals surface area contributed by atoms with Crippen LogP contribution < -0.4 is 9.62 Å². The summed E-state index contributed by atoms with van der Waals surface area (Å²) in [7, 11) is -3.44. The number of hydrogen-bond acceptors (Lipinski definition) is 6. The van der Waals surface area contributed by atoms with Gasteiger partial charge >= 0.3 is 0 Å². The molecule has 172 valence electrons. The van der Waals surface area contributed by atoms with Gasteiger partial charge in [0.1, 0.15) is 11.9 Å². The number of rotatable bonds is 4. The fourth-order valence-corrected chi connectivity index (χ4v) is 5.27. The van der Waals surface area contributed by atoms with Gasteiger partial charge in [0.05, 0.1) is 43.8 Å². The molecular formula is C21H23F3N4O3S. The number of fused-ring (bicyclic) bond motifs is 2. The van der Waals surface area contributed by atoms with E-state index in [1.165, 1.54) is 0 Å². The number of ether oxygens (including phenoxy) is 1. The second-order valence-electron chi connectivity index (χ2n) is 8.68. The van der Waals surface area contributed by atoms with Gasteiger partial charge in [-0.1, -0.05) is 12.1 Å². The van der Waals surface area contributed by atoms with Gasteiger partial charge in [-0.05, 0) is 30.5 Å². The van der Waals surface area contributed by atoms with Crippen molar-refractivity contribution in [2.75, 3.05) is 24.3 Å². The van der Waals surface area contributed by atoms with Gasteiger partial charge in [-0.2, -0.15) is 8.78 Å². The van der Waals surface area contributed by atoms with Gasteiger partial charge in [0.25, 0.3) is 5.92 Å². The molecule has 3 aliphatic rings. The molecule has 1 aromatic carbocycles. The summed E-state index contributed by atoms with van der Waals surface area (Å²) in [6.45, 7) is 2.22. The van der Waals surface area contributed by atoms with E-state index in [9.17, 15) is 21.6 Å². The monoisotopic (exact) mass is 468 g/mol. The maximum atomic E-state index is 14.6. The number of anilines is 1. The van der Waals surface area contributed by atoms with Crippen LogP contribution in [0, 0.1) is 0 Å². The number of benzene rings is 1. The molecule has 1 aliphatic carbocycles. The Morgan fingerprint density at radius 2 is 2.06 bits per heavy atom. The lowest BCUT2D eigenvalue weighted by atomic mass is 9.95. The summed E-state index contributed by atoms with van der Waals surface area (Å²) >= 11 is 0. The normalized spacial score (nSPS) is 26.4. The van der Waals surface area contributed by atoms with E-state index in [2.05, 4.69) is 14.7 Å². The quantitative estimate of drug-likeness (QED) is 0.743. The highest BCUT2D eigenvalue weighted by Crippen LogP contribution is 2.45. The summed E-state index contributed by atoms with van der Waals surface area (Å²) in [6, 6.07) is 4.33. The summed E-state index contributed by atoms with van der Waals surface area (Å²) in [5, 5.41) is 0. The van der Waals surface area contributed by atoms with E-state index in [0.717, 1.165) is 17.4 Å². The molecule has 1 fully saturated rings. The van der Waals surface area contributed by atoms with Gasteiger partial charge in [0.2, 0.25) is 16.0 Å². The van der Waals surface area contributed by atoms with Crippen LogP contribution in [0.1, 0.15) is 41.8 Å². The van der Waals surface area contributed by atoms with Gasteiger partial charge < -0.3 is 9.64 Å². The van der Waals surface area contributed by atoms with Gasteiger partial charge in [0.15, 0.2) is 0 Å². The van der Waals surface area contributed by atoms with Crippen LogP contribution in [0.2, 0.25) is 0 Å². The Labute approximate surface area is 184 Å². The summed E-state index contributed by atoms with van der Waals surface area (Å²) < 4.78 is 74.4. The Balaban J connectivity index is 1.59. The Kier molecular flexibility index (Phi) is 4.99. The van der Waals surface area contributed by atoms with E-state index < -0.39 is 34.2 Å². The summed E-state index contributed by atoms with van der Waals surface area (Å²) in [6.07, 6.45) is -0.162. The first kappa shape index (κ1) is 21.6. The van der Waals surface area contributed by atoms with Gasteiger partial charge in [-0.25, -0.2) is 27.5 Å². The van der Waals surface area contributed by atoms with E-state index in [0.29, 0.717) is 16.8 Å². The second kappa shape index (κ2) is 7.39. The first-order valence-corrected chi connectivity index (χ1v) is 12.3. The molecule has 2 aromatic rings. The van der Waals surface area contributed by atoms with Crippen LogP contribution in [-0.4, -0.2) is 50.0 Å². The summed E-state index contributed by atoms with van der Waals surface area (Å²) in [5.41, 5.74) is 2.66. The molecule has 0 saturated carbocycles. The molecule has 0 amide bonds. The highest BCUT2D eigenvalue weighted by atomic mass is 32.2. The van der Waals surface area contributed by atoms with E-state index in [4.69, 9.17) is 4.74 Å². The van der Waals surface area contributed by atoms with E-state index in [1.54, 1.807) is 30.0 Å². The van der Waals surface area contributed by atoms with Gasteiger partial charge in [-0.3, -0.25) is 0 Å². The summed E-state index contributed by atoms with van der Waals surface area (Å²) in [5.74, 6) is -2.96. The number of aromatic nitrogens is 2. The molecule has 5 rings (SSSR count). The number of nitrogens with one attached hydrogen (secondary N) is 1. The standard InChI is InChI=1S/C21H23F3N4O3S/c1-11-16(22)8-28(11)20-25-18(15-5-6-21(23,24)19(15)26-20)12-3-4-14-13(7-12)9-31-10-17(14)27-32(2,29)30/h3-4,7,11,16-17,27H,5-6,8-10H2,1-2H3/t11-,16-,17-/m0/s1. The molecule has 1 aromatic heterocycles. The zero-order valence-corrected chi connectivity index (χ0v) is 18.4. The fraction of sp³-hybridized carbons (Fsp3) is 0.524. The lowest BCUT2D eigenvalue weighted by Gasteiger charge is -2.42. The van der Waals surface area contributed by atoms with Crippen molar-refractivity contribution in [1.29, 1.82) is 0 Å². The Morgan fingerprint density at radius 3 is 2.75 bits per heavy atom. The predicted molar refractivity (Wildman–Crippen MR) is 112 cm³/mol. The fourth-order valence-electron chi connectivity index (χ4n) is 4.56. The molecule has 2 aliphatic heterocycles. The second-order valence-corrected chi connectivity index (χ2v) is 10.5. The van der Waals surface area contributed by atoms with Crippen molar-refractivity contribution >= 4 is 16.0 Å². The molecule has 3 heterocycles.